The van der Waals surface area contributed by atoms with Gasteiger partial charge in [0.1, 0.15) is 0 Å². The lowest BCUT2D eigenvalue weighted by atomic mass is 9.93. The lowest BCUT2D eigenvalue weighted by Crippen LogP contribution is -2.49. The minimum Gasteiger partial charge on any atom is -0.353 e. The van der Waals surface area contributed by atoms with Crippen LogP contribution in [0.25, 0.3) is 0 Å². The largest absolute Gasteiger partial charge is 0.353 e. The highest BCUT2D eigenvalue weighted by Crippen LogP contribution is 2.17. The molecule has 1 aliphatic heterocycles. The molecule has 1 aromatic rings. The molecule has 1 aromatic carbocycles. The highest BCUT2D eigenvalue weighted by atomic mass is 16.1. The van der Waals surface area contributed by atoms with Crippen LogP contribution in [0.4, 0.5) is 0 Å². The Kier molecular flexibility index (Phi) is 6.44. The fourth-order valence-corrected chi connectivity index (χ4v) is 3.31. The number of benzene rings is 1. The van der Waals surface area contributed by atoms with Crippen molar-refractivity contribution in [2.24, 2.45) is 11.8 Å². The molecule has 1 saturated heterocycles. The van der Waals surface area contributed by atoms with Crippen molar-refractivity contribution in [3.05, 3.63) is 35.9 Å². The average Bonchev–Trinajstić information content (AvgIpc) is 2.49. The topological polar surface area (TPSA) is 32.3 Å². The summed E-state index contributed by atoms with van der Waals surface area (Å²) in [5.41, 5.74) is 1.36. The molecular formula is C19H30N2O. The number of nitrogens with one attached hydrogen (secondary N) is 1. The molecule has 122 valence electrons. The number of carbonyl (C=O) groups excluding carboxylic acids is 1. The Hall–Kier alpha value is -1.35. The van der Waals surface area contributed by atoms with Gasteiger partial charge in [-0.2, -0.15) is 0 Å². The molecular weight excluding hydrogens is 272 g/mol. The summed E-state index contributed by atoms with van der Waals surface area (Å²) in [4.78, 5) is 14.6. The van der Waals surface area contributed by atoms with Gasteiger partial charge in [-0.15, -0.1) is 0 Å². The lowest BCUT2D eigenvalue weighted by Gasteiger charge is -2.35. The molecule has 0 radical (unpaired) electrons. The molecule has 3 nitrogen and oxygen atoms in total. The van der Waals surface area contributed by atoms with Gasteiger partial charge in [0.25, 0.3) is 0 Å². The van der Waals surface area contributed by atoms with Gasteiger partial charge in [-0.3, -0.25) is 4.79 Å². The zero-order valence-corrected chi connectivity index (χ0v) is 14.2. The molecule has 1 amide bonds. The maximum absolute atomic E-state index is 12.2. The Morgan fingerprint density at radius 3 is 2.77 bits per heavy atom. The van der Waals surface area contributed by atoms with E-state index in [2.05, 4.69) is 55.4 Å². The number of piperidine rings is 1. The van der Waals surface area contributed by atoms with Crippen LogP contribution in [0.2, 0.25) is 0 Å². The van der Waals surface area contributed by atoms with Crippen LogP contribution in [0.1, 0.15) is 38.7 Å². The van der Waals surface area contributed by atoms with E-state index in [1.54, 1.807) is 0 Å². The van der Waals surface area contributed by atoms with Crippen LogP contribution in [0.15, 0.2) is 30.3 Å². The number of hydrogen-bond acceptors (Lipinski definition) is 2. The van der Waals surface area contributed by atoms with E-state index in [1.807, 2.05) is 6.07 Å². The van der Waals surface area contributed by atoms with E-state index in [4.69, 9.17) is 0 Å². The second-order valence-corrected chi connectivity index (χ2v) is 7.04. The number of nitrogens with zero attached hydrogens (tertiary/aromatic N) is 1. The number of carbonyl (C=O) groups is 1. The Morgan fingerprint density at radius 2 is 2.09 bits per heavy atom. The van der Waals surface area contributed by atoms with Crippen LogP contribution in [0.5, 0.6) is 0 Å². The summed E-state index contributed by atoms with van der Waals surface area (Å²) in [5, 5.41) is 3.25. The summed E-state index contributed by atoms with van der Waals surface area (Å²) in [6.45, 7) is 6.58. The highest BCUT2D eigenvalue weighted by molar-refractivity contribution is 5.76. The molecule has 1 aliphatic rings. The van der Waals surface area contributed by atoms with Gasteiger partial charge in [0.2, 0.25) is 5.91 Å². The van der Waals surface area contributed by atoms with E-state index in [0.717, 1.165) is 32.4 Å². The molecule has 1 N–H and O–H groups in total. The summed E-state index contributed by atoms with van der Waals surface area (Å²) in [5.74, 6) is 1.20. The summed E-state index contributed by atoms with van der Waals surface area (Å²) >= 11 is 0. The second-order valence-electron chi connectivity index (χ2n) is 7.04. The van der Waals surface area contributed by atoms with Crippen molar-refractivity contribution in [3.63, 3.8) is 0 Å². The Morgan fingerprint density at radius 1 is 1.36 bits per heavy atom. The van der Waals surface area contributed by atoms with Gasteiger partial charge in [-0.05, 0) is 50.3 Å². The van der Waals surface area contributed by atoms with Gasteiger partial charge in [-0.1, -0.05) is 44.2 Å². The summed E-state index contributed by atoms with van der Waals surface area (Å²) in [6, 6.07) is 10.9. The van der Waals surface area contributed by atoms with Crippen molar-refractivity contribution < 1.29 is 4.79 Å². The van der Waals surface area contributed by atoms with Crippen LogP contribution >= 0.6 is 0 Å². The number of rotatable bonds is 6. The van der Waals surface area contributed by atoms with E-state index in [1.165, 1.54) is 5.56 Å². The normalized spacial score (nSPS) is 24.0. The van der Waals surface area contributed by atoms with E-state index in [9.17, 15) is 4.79 Å². The minimum absolute atomic E-state index is 0.224. The zero-order valence-electron chi connectivity index (χ0n) is 14.2. The lowest BCUT2D eigenvalue weighted by molar-refractivity contribution is -0.123. The summed E-state index contributed by atoms with van der Waals surface area (Å²) in [6.07, 6.45) is 3.84. The third-order valence-corrected chi connectivity index (χ3v) is 4.76. The molecule has 22 heavy (non-hydrogen) atoms. The molecule has 0 aromatic heterocycles. The van der Waals surface area contributed by atoms with E-state index in [-0.39, 0.29) is 5.91 Å². The third kappa shape index (κ3) is 5.45. The van der Waals surface area contributed by atoms with E-state index >= 15 is 0 Å². The summed E-state index contributed by atoms with van der Waals surface area (Å²) < 4.78 is 0. The molecule has 0 unspecified atom stereocenters. The third-order valence-electron chi connectivity index (χ3n) is 4.76. The molecule has 0 saturated carbocycles. The molecule has 1 fully saturated rings. The quantitative estimate of drug-likeness (QED) is 0.876. The van der Waals surface area contributed by atoms with E-state index in [0.29, 0.717) is 24.3 Å². The SMILES string of the molecule is C[C@H](CCc1ccccc1)CC(=O)N[C@@H]1CCN(C)C[C@@H]1C. The second kappa shape index (κ2) is 8.33. The van der Waals surface area contributed by atoms with Crippen molar-refractivity contribution in [2.75, 3.05) is 20.1 Å². The molecule has 2 rings (SSSR count). The van der Waals surface area contributed by atoms with Crippen LogP contribution in [-0.2, 0) is 11.2 Å². The predicted octanol–water partition coefficient (Wildman–Crippen LogP) is 3.10. The molecule has 0 bridgehead atoms. The van der Waals surface area contributed by atoms with Crippen molar-refractivity contribution in [2.45, 2.75) is 45.6 Å². The molecule has 0 aliphatic carbocycles. The van der Waals surface area contributed by atoms with Gasteiger partial charge in [0, 0.05) is 19.0 Å². The van der Waals surface area contributed by atoms with Gasteiger partial charge >= 0.3 is 0 Å². The first-order valence-corrected chi connectivity index (χ1v) is 8.56. The van der Waals surface area contributed by atoms with Crippen molar-refractivity contribution in [1.29, 1.82) is 0 Å². The highest BCUT2D eigenvalue weighted by Gasteiger charge is 2.25. The number of likely N-dealkylation sites (tertiary alicyclic amines) is 1. The maximum Gasteiger partial charge on any atom is 0.220 e. The van der Waals surface area contributed by atoms with Crippen LogP contribution < -0.4 is 5.32 Å². The molecule has 1 heterocycles. The Labute approximate surface area is 135 Å². The molecule has 3 heteroatoms. The average molecular weight is 302 g/mol. The fraction of sp³-hybridized carbons (Fsp3) is 0.632. The van der Waals surface area contributed by atoms with Crippen LogP contribution in [0.3, 0.4) is 0 Å². The number of hydrogen-bond donors (Lipinski definition) is 1. The van der Waals surface area contributed by atoms with Crippen molar-refractivity contribution >= 4 is 5.91 Å². The van der Waals surface area contributed by atoms with Gasteiger partial charge in [0.05, 0.1) is 0 Å². The van der Waals surface area contributed by atoms with Gasteiger partial charge in [0.15, 0.2) is 0 Å². The van der Waals surface area contributed by atoms with Crippen molar-refractivity contribution in [3.8, 4) is 0 Å². The first kappa shape index (κ1) is 17.0. The molecule has 0 spiro atoms. The Bertz CT molecular complexity index is 460. The first-order chi connectivity index (χ1) is 10.5. The molecule has 3 atom stereocenters. The van der Waals surface area contributed by atoms with Crippen LogP contribution in [0, 0.1) is 11.8 Å². The zero-order chi connectivity index (χ0) is 15.9. The predicted molar refractivity (Wildman–Crippen MR) is 91.8 cm³/mol. The van der Waals surface area contributed by atoms with E-state index < -0.39 is 0 Å². The van der Waals surface area contributed by atoms with Crippen LogP contribution in [-0.4, -0.2) is 37.0 Å². The Balaban J connectivity index is 1.70. The monoisotopic (exact) mass is 302 g/mol. The van der Waals surface area contributed by atoms with Gasteiger partial charge in [-0.25, -0.2) is 0 Å². The fourth-order valence-electron chi connectivity index (χ4n) is 3.31. The first-order valence-electron chi connectivity index (χ1n) is 8.56. The number of aryl methyl sites for hydroxylation is 1. The maximum atomic E-state index is 12.2. The number of amides is 1. The van der Waals surface area contributed by atoms with Crippen molar-refractivity contribution in [1.82, 2.24) is 10.2 Å². The summed E-state index contributed by atoms with van der Waals surface area (Å²) in [7, 11) is 2.15. The van der Waals surface area contributed by atoms with Gasteiger partial charge < -0.3 is 10.2 Å². The smallest absolute Gasteiger partial charge is 0.220 e. The minimum atomic E-state index is 0.224. The standard InChI is InChI=1S/C19H30N2O/c1-15(9-10-17-7-5-4-6-8-17)13-19(22)20-18-11-12-21(3)14-16(18)2/h4-8,15-16,18H,9-14H2,1-3H3,(H,20,22)/t15-,16+,18-/m1/s1.